The number of amides is 2. The molecule has 5 rings (SSSR count). The normalized spacial score (nSPS) is 21.1. The van der Waals surface area contributed by atoms with Gasteiger partial charge >= 0.3 is 0 Å². The van der Waals surface area contributed by atoms with Crippen molar-refractivity contribution in [2.24, 2.45) is 0 Å². The van der Waals surface area contributed by atoms with Gasteiger partial charge in [0.2, 0.25) is 5.95 Å². The van der Waals surface area contributed by atoms with Crippen molar-refractivity contribution < 1.29 is 9.59 Å². The molecule has 36 heavy (non-hydrogen) atoms. The summed E-state index contributed by atoms with van der Waals surface area (Å²) in [4.78, 5) is 34.5. The molecule has 2 fully saturated rings. The van der Waals surface area contributed by atoms with E-state index in [0.717, 1.165) is 44.0 Å². The lowest BCUT2D eigenvalue weighted by Crippen LogP contribution is -2.37. The number of anilines is 2. The fourth-order valence-corrected chi connectivity index (χ4v) is 5.51. The second-order valence-corrected chi connectivity index (χ2v) is 10.4. The average molecular weight is 503 g/mol. The second kappa shape index (κ2) is 10.7. The van der Waals surface area contributed by atoms with Gasteiger partial charge in [0.25, 0.3) is 11.1 Å². The molecule has 0 radical (unpaired) electrons. The molecule has 0 spiro atoms. The van der Waals surface area contributed by atoms with Crippen molar-refractivity contribution in [1.82, 2.24) is 20.6 Å². The van der Waals surface area contributed by atoms with Gasteiger partial charge in [0, 0.05) is 50.0 Å². The van der Waals surface area contributed by atoms with Crippen LogP contribution < -0.4 is 20.9 Å². The summed E-state index contributed by atoms with van der Waals surface area (Å²) in [5.41, 5.74) is 3.16. The third kappa shape index (κ3) is 5.52. The lowest BCUT2D eigenvalue weighted by molar-refractivity contribution is -0.115. The van der Waals surface area contributed by atoms with Gasteiger partial charge in [-0.2, -0.15) is 0 Å². The fourth-order valence-electron chi connectivity index (χ4n) is 4.85. The molecule has 3 N–H and O–H groups in total. The van der Waals surface area contributed by atoms with Crippen LogP contribution in [0.5, 0.6) is 0 Å². The monoisotopic (exact) mass is 502 g/mol. The number of benzene rings is 2. The molecule has 0 unspecified atom stereocenters. The Hall–Kier alpha value is -3.43. The summed E-state index contributed by atoms with van der Waals surface area (Å²) in [7, 11) is 4.17. The third-order valence-electron chi connectivity index (χ3n) is 6.71. The van der Waals surface area contributed by atoms with Gasteiger partial charge in [-0.15, -0.1) is 0 Å². The molecule has 2 amide bonds. The Labute approximate surface area is 215 Å². The molecule has 9 heteroatoms. The lowest BCUT2D eigenvalue weighted by atomic mass is 9.91. The van der Waals surface area contributed by atoms with Gasteiger partial charge in [0.15, 0.2) is 0 Å². The summed E-state index contributed by atoms with van der Waals surface area (Å²) in [5, 5.41) is 11.7. The fraction of sp³-hybridized carbons (Fsp3) is 0.333. The first-order chi connectivity index (χ1) is 17.5. The summed E-state index contributed by atoms with van der Waals surface area (Å²) in [6.07, 6.45) is 7.49. The summed E-state index contributed by atoms with van der Waals surface area (Å²) in [5.74, 6) is 0.161. The van der Waals surface area contributed by atoms with Gasteiger partial charge < -0.3 is 15.5 Å². The molecule has 2 aliphatic rings. The number of hydrogen-bond acceptors (Lipinski definition) is 8. The first-order valence-corrected chi connectivity index (χ1v) is 13.0. The number of carbonyl (C=O) groups excluding carboxylic acids is 2. The van der Waals surface area contributed by atoms with Crippen LogP contribution in [0.25, 0.3) is 16.8 Å². The molecular formula is C27H30N6O2S. The van der Waals surface area contributed by atoms with E-state index in [1.54, 1.807) is 18.3 Å². The van der Waals surface area contributed by atoms with Crippen molar-refractivity contribution in [3.05, 3.63) is 64.8 Å². The Morgan fingerprint density at radius 1 is 1.03 bits per heavy atom. The highest BCUT2D eigenvalue weighted by Crippen LogP contribution is 2.29. The second-order valence-electron chi connectivity index (χ2n) is 9.41. The largest absolute Gasteiger partial charge is 0.377 e. The summed E-state index contributed by atoms with van der Waals surface area (Å²) >= 11 is 0.887. The molecule has 2 aromatic carbocycles. The van der Waals surface area contributed by atoms with E-state index in [1.165, 1.54) is 22.0 Å². The summed E-state index contributed by atoms with van der Waals surface area (Å²) in [6, 6.07) is 15.6. The minimum absolute atomic E-state index is 0.303. The minimum atomic E-state index is -0.384. The van der Waals surface area contributed by atoms with Crippen molar-refractivity contribution in [2.45, 2.75) is 44.3 Å². The first kappa shape index (κ1) is 24.3. The van der Waals surface area contributed by atoms with Crippen LogP contribution in [-0.2, 0) is 11.3 Å². The van der Waals surface area contributed by atoms with Gasteiger partial charge in [-0.05, 0) is 66.6 Å². The van der Waals surface area contributed by atoms with Crippen LogP contribution in [0.15, 0.2) is 53.6 Å². The predicted octanol–water partition coefficient (Wildman–Crippen LogP) is 4.53. The van der Waals surface area contributed by atoms with Gasteiger partial charge in [-0.25, -0.2) is 9.97 Å². The van der Waals surface area contributed by atoms with E-state index < -0.39 is 0 Å². The molecule has 1 saturated carbocycles. The van der Waals surface area contributed by atoms with Crippen LogP contribution in [0.1, 0.15) is 36.9 Å². The lowest BCUT2D eigenvalue weighted by Gasteiger charge is -2.30. The smallest absolute Gasteiger partial charge is 0.290 e. The molecule has 1 aromatic heterocycles. The maximum absolute atomic E-state index is 11.8. The van der Waals surface area contributed by atoms with Crippen molar-refractivity contribution in [3.63, 3.8) is 0 Å². The number of imide groups is 1. The highest BCUT2D eigenvalue weighted by atomic mass is 32.2. The minimum Gasteiger partial charge on any atom is -0.377 e. The van der Waals surface area contributed by atoms with Crippen molar-refractivity contribution in [3.8, 4) is 0 Å². The zero-order valence-corrected chi connectivity index (χ0v) is 21.3. The molecule has 1 aliphatic carbocycles. The third-order valence-corrected chi connectivity index (χ3v) is 7.52. The number of rotatable bonds is 7. The van der Waals surface area contributed by atoms with Crippen LogP contribution in [0, 0.1) is 0 Å². The Morgan fingerprint density at radius 3 is 2.50 bits per heavy atom. The quantitative estimate of drug-likeness (QED) is 0.405. The van der Waals surface area contributed by atoms with Gasteiger partial charge in [-0.3, -0.25) is 14.9 Å². The van der Waals surface area contributed by atoms with Gasteiger partial charge in [0.05, 0.1) is 10.6 Å². The summed E-state index contributed by atoms with van der Waals surface area (Å²) in [6.45, 7) is 0.852. The maximum atomic E-state index is 11.8. The van der Waals surface area contributed by atoms with E-state index in [-0.39, 0.29) is 11.1 Å². The molecule has 2 heterocycles. The van der Waals surface area contributed by atoms with E-state index in [1.807, 2.05) is 0 Å². The molecule has 3 aromatic rings. The molecule has 0 bridgehead atoms. The number of aromatic nitrogens is 2. The van der Waals surface area contributed by atoms with E-state index in [0.29, 0.717) is 28.6 Å². The zero-order valence-electron chi connectivity index (χ0n) is 20.5. The van der Waals surface area contributed by atoms with Crippen molar-refractivity contribution >= 4 is 51.4 Å². The van der Waals surface area contributed by atoms with E-state index in [2.05, 4.69) is 81.3 Å². The number of nitrogens with one attached hydrogen (secondary N) is 3. The number of carbonyl (C=O) groups is 2. The SMILES string of the molecule is CN(C)c1ccc(CNC2CCC(Nc3nccc(/C=C4/SC(=O)NC4=O)n3)CC2)c2ccccc12. The standard InChI is InChI=1S/C27H30N6O2S/c1-33(2)23-12-7-17(21-5-3-4-6-22(21)23)16-29-18-8-10-19(11-9-18)30-26-28-14-13-20(31-26)15-24-25(34)32-27(35)36-24/h3-7,12-15,18-19,29H,8-11,16H2,1-2H3,(H,28,30,31)(H,32,34,35)/b24-15+. The number of fused-ring (bicyclic) bond motifs is 1. The highest BCUT2D eigenvalue weighted by Gasteiger charge is 2.25. The zero-order chi connectivity index (χ0) is 25.1. The molecule has 1 aliphatic heterocycles. The Bertz CT molecular complexity index is 1320. The van der Waals surface area contributed by atoms with Crippen molar-refractivity contribution in [1.29, 1.82) is 0 Å². The highest BCUT2D eigenvalue weighted by molar-refractivity contribution is 8.18. The van der Waals surface area contributed by atoms with Crippen LogP contribution in [0.3, 0.4) is 0 Å². The molecule has 1 saturated heterocycles. The molecule has 0 atom stereocenters. The molecule has 8 nitrogen and oxygen atoms in total. The first-order valence-electron chi connectivity index (χ1n) is 12.2. The van der Waals surface area contributed by atoms with E-state index in [4.69, 9.17) is 0 Å². The Kier molecular flexibility index (Phi) is 7.20. The van der Waals surface area contributed by atoms with Gasteiger partial charge in [0.1, 0.15) is 0 Å². The number of nitrogens with zero attached hydrogens (tertiary/aromatic N) is 3. The van der Waals surface area contributed by atoms with E-state index >= 15 is 0 Å². The van der Waals surface area contributed by atoms with E-state index in [9.17, 15) is 9.59 Å². The summed E-state index contributed by atoms with van der Waals surface area (Å²) < 4.78 is 0. The van der Waals surface area contributed by atoms with Crippen LogP contribution in [-0.4, -0.2) is 47.3 Å². The molecular weight excluding hydrogens is 472 g/mol. The number of hydrogen-bond donors (Lipinski definition) is 3. The van der Waals surface area contributed by atoms with Crippen molar-refractivity contribution in [2.75, 3.05) is 24.3 Å². The average Bonchev–Trinajstić information content (AvgIpc) is 3.19. The maximum Gasteiger partial charge on any atom is 0.290 e. The predicted molar refractivity (Wildman–Crippen MR) is 146 cm³/mol. The van der Waals surface area contributed by atoms with Gasteiger partial charge in [-0.1, -0.05) is 30.3 Å². The Morgan fingerprint density at radius 2 is 1.78 bits per heavy atom. The number of thioether (sulfide) groups is 1. The Balaban J connectivity index is 1.15. The van der Waals surface area contributed by atoms with Crippen LogP contribution in [0.4, 0.5) is 16.4 Å². The molecule has 186 valence electrons. The topological polar surface area (TPSA) is 99.2 Å². The van der Waals surface area contributed by atoms with Crippen LogP contribution >= 0.6 is 11.8 Å². The van der Waals surface area contributed by atoms with Crippen LogP contribution in [0.2, 0.25) is 0 Å².